The minimum Gasteiger partial charge on any atom is -0.465 e. The Morgan fingerprint density at radius 1 is 1.21 bits per heavy atom. The van der Waals surface area contributed by atoms with Crippen molar-refractivity contribution in [3.05, 3.63) is 54.2 Å². The van der Waals surface area contributed by atoms with Gasteiger partial charge < -0.3 is 14.7 Å². The van der Waals surface area contributed by atoms with E-state index in [-0.39, 0.29) is 16.6 Å². The third-order valence-corrected chi connectivity index (χ3v) is 6.34. The maximum absolute atomic E-state index is 12.9. The highest BCUT2D eigenvalue weighted by atomic mass is 32.2. The molecule has 11 heteroatoms. The lowest BCUT2D eigenvalue weighted by molar-refractivity contribution is -0.0500. The first-order chi connectivity index (χ1) is 13.8. The summed E-state index contributed by atoms with van der Waals surface area (Å²) >= 11 is 0. The molecule has 1 amide bonds. The quantitative estimate of drug-likeness (QED) is 0.677. The van der Waals surface area contributed by atoms with Crippen LogP contribution >= 0.6 is 0 Å². The van der Waals surface area contributed by atoms with Crippen LogP contribution < -0.4 is 4.74 Å². The van der Waals surface area contributed by atoms with Crippen LogP contribution in [0.15, 0.2) is 53.6 Å². The zero-order valence-electron chi connectivity index (χ0n) is 14.8. The average molecular weight is 423 g/mol. The van der Waals surface area contributed by atoms with Crippen LogP contribution in [-0.4, -0.2) is 53.4 Å². The van der Waals surface area contributed by atoms with Crippen LogP contribution in [0, 0.1) is 0 Å². The summed E-state index contributed by atoms with van der Waals surface area (Å²) in [5.41, 5.74) is 1.21. The van der Waals surface area contributed by atoms with E-state index in [0.29, 0.717) is 24.0 Å². The highest BCUT2D eigenvalue weighted by Crippen LogP contribution is 2.30. The van der Waals surface area contributed by atoms with Gasteiger partial charge in [-0.25, -0.2) is 4.79 Å². The van der Waals surface area contributed by atoms with Crippen LogP contribution in [0.5, 0.6) is 5.75 Å². The zero-order valence-corrected chi connectivity index (χ0v) is 15.6. The molecular weight excluding hydrogens is 408 g/mol. The fraction of sp³-hybridized carbons (Fsp3) is 0.222. The van der Waals surface area contributed by atoms with E-state index in [1.807, 2.05) is 0 Å². The Bertz CT molecular complexity index is 1190. The van der Waals surface area contributed by atoms with Crippen LogP contribution in [0.1, 0.15) is 11.5 Å². The van der Waals surface area contributed by atoms with Crippen molar-refractivity contribution in [1.82, 2.24) is 14.1 Å². The molecule has 3 aromatic rings. The molecule has 4 rings (SSSR count). The largest absolute Gasteiger partial charge is 0.465 e. The fourth-order valence-electron chi connectivity index (χ4n) is 3.23. The normalized spacial score (nSPS) is 14.9. The van der Waals surface area contributed by atoms with Crippen LogP contribution in [0.4, 0.5) is 13.6 Å². The number of alkyl halides is 2. The third-order valence-electron chi connectivity index (χ3n) is 4.74. The Labute approximate surface area is 164 Å². The number of nitrogens with zero attached hydrogens (tertiary/aromatic N) is 3. The van der Waals surface area contributed by atoms with Crippen molar-refractivity contribution in [2.24, 2.45) is 0 Å². The summed E-state index contributed by atoms with van der Waals surface area (Å²) in [6.45, 7) is -2.31. The van der Waals surface area contributed by atoms with Gasteiger partial charge in [-0.1, -0.05) is 12.1 Å². The highest BCUT2D eigenvalue weighted by Gasteiger charge is 2.32. The Balaban J connectivity index is 1.65. The number of ether oxygens (including phenoxy) is 1. The van der Waals surface area contributed by atoms with Crippen molar-refractivity contribution in [2.45, 2.75) is 17.4 Å². The molecule has 1 saturated heterocycles. The Hall–Kier alpha value is -3.21. The summed E-state index contributed by atoms with van der Waals surface area (Å²) in [4.78, 5) is 12.0. The van der Waals surface area contributed by atoms with Crippen LogP contribution in [0.25, 0.3) is 10.9 Å². The smallest absolute Gasteiger partial charge is 0.407 e. The molecule has 1 fully saturated rings. The van der Waals surface area contributed by atoms with E-state index in [1.54, 1.807) is 18.2 Å². The van der Waals surface area contributed by atoms with E-state index >= 15 is 0 Å². The number of likely N-dealkylation sites (tertiary alicyclic amines) is 1. The maximum Gasteiger partial charge on any atom is 0.407 e. The zero-order chi connectivity index (χ0) is 20.8. The maximum atomic E-state index is 12.9. The number of carbonyl (C=O) groups is 1. The lowest BCUT2D eigenvalue weighted by atomic mass is 9.91. The first kappa shape index (κ1) is 19.1. The van der Waals surface area contributed by atoms with Crippen LogP contribution in [0.3, 0.4) is 0 Å². The lowest BCUT2D eigenvalue weighted by Gasteiger charge is -2.37. The molecule has 2 heterocycles. The predicted octanol–water partition coefficient (Wildman–Crippen LogP) is 2.95. The average Bonchev–Trinajstić information content (AvgIpc) is 3.04. The molecule has 2 aromatic carbocycles. The monoisotopic (exact) mass is 423 g/mol. The number of hydrogen-bond donors (Lipinski definition) is 1. The summed E-state index contributed by atoms with van der Waals surface area (Å²) in [6.07, 6.45) is 0.420. The van der Waals surface area contributed by atoms with Crippen molar-refractivity contribution in [3.63, 3.8) is 0 Å². The number of hydrogen-bond acceptors (Lipinski definition) is 5. The summed E-state index contributed by atoms with van der Waals surface area (Å²) in [6, 6.07) is 9.92. The van der Waals surface area contributed by atoms with Gasteiger partial charge in [0.2, 0.25) is 0 Å². The van der Waals surface area contributed by atoms with Gasteiger partial charge in [-0.15, -0.1) is 0 Å². The van der Waals surface area contributed by atoms with Crippen LogP contribution in [0.2, 0.25) is 0 Å². The van der Waals surface area contributed by atoms with E-state index < -0.39 is 22.7 Å². The molecule has 1 aromatic heterocycles. The van der Waals surface area contributed by atoms with E-state index in [2.05, 4.69) is 9.84 Å². The summed E-state index contributed by atoms with van der Waals surface area (Å²) in [5, 5.41) is 13.5. The van der Waals surface area contributed by atoms with Gasteiger partial charge in [0.25, 0.3) is 10.0 Å². The minimum absolute atomic E-state index is 0.0404. The van der Waals surface area contributed by atoms with E-state index in [4.69, 9.17) is 5.11 Å². The first-order valence-corrected chi connectivity index (χ1v) is 9.96. The molecule has 29 heavy (non-hydrogen) atoms. The van der Waals surface area contributed by atoms with Gasteiger partial charge in [0.1, 0.15) is 5.75 Å². The van der Waals surface area contributed by atoms with Crippen molar-refractivity contribution in [1.29, 1.82) is 0 Å². The molecule has 152 valence electrons. The highest BCUT2D eigenvalue weighted by molar-refractivity contribution is 7.90. The van der Waals surface area contributed by atoms with Gasteiger partial charge in [-0.3, -0.25) is 0 Å². The van der Waals surface area contributed by atoms with E-state index in [9.17, 15) is 22.0 Å². The number of halogens is 2. The second kappa shape index (κ2) is 6.99. The number of fused-ring (bicyclic) bond motifs is 1. The van der Waals surface area contributed by atoms with Crippen LogP contribution in [-0.2, 0) is 10.0 Å². The number of carboxylic acid groups (broad SMARTS) is 1. The van der Waals surface area contributed by atoms with Crippen molar-refractivity contribution in [3.8, 4) is 5.75 Å². The van der Waals surface area contributed by atoms with Gasteiger partial charge in [-0.05, 0) is 29.8 Å². The molecule has 0 bridgehead atoms. The Kier molecular flexibility index (Phi) is 4.61. The summed E-state index contributed by atoms with van der Waals surface area (Å²) in [7, 11) is -4.13. The third kappa shape index (κ3) is 3.48. The molecule has 1 aliphatic heterocycles. The topological polar surface area (TPSA) is 102 Å². The molecule has 0 spiro atoms. The van der Waals surface area contributed by atoms with E-state index in [0.717, 1.165) is 15.7 Å². The van der Waals surface area contributed by atoms with Gasteiger partial charge in [-0.2, -0.15) is 26.4 Å². The standard InChI is InChI=1S/C18H15F2N3O5S/c19-17(20)28-14-2-1-3-15(7-14)29(26,27)23-16-5-4-11(6-12(16)8-21-23)13-9-22(10-13)18(24)25/h1-8,13,17H,9-10H2,(H,24,25). The van der Waals surface area contributed by atoms with Gasteiger partial charge >= 0.3 is 12.7 Å². The number of amides is 1. The number of aromatic nitrogens is 2. The molecule has 0 aliphatic carbocycles. The van der Waals surface area contributed by atoms with Gasteiger partial charge in [0.05, 0.1) is 16.6 Å². The molecule has 0 atom stereocenters. The molecule has 1 N–H and O–H groups in total. The Morgan fingerprint density at radius 3 is 2.66 bits per heavy atom. The predicted molar refractivity (Wildman–Crippen MR) is 97.7 cm³/mol. The molecule has 0 radical (unpaired) electrons. The second-order valence-corrected chi connectivity index (χ2v) is 8.32. The van der Waals surface area contributed by atoms with Crippen molar-refractivity contribution < 1.29 is 31.8 Å². The fourth-order valence-corrected chi connectivity index (χ4v) is 4.54. The molecule has 0 saturated carbocycles. The minimum atomic E-state index is -4.13. The molecular formula is C18H15F2N3O5S. The molecule has 8 nitrogen and oxygen atoms in total. The lowest BCUT2D eigenvalue weighted by Crippen LogP contribution is -2.47. The van der Waals surface area contributed by atoms with Gasteiger partial charge in [0.15, 0.2) is 0 Å². The Morgan fingerprint density at radius 2 is 1.97 bits per heavy atom. The van der Waals surface area contributed by atoms with Crippen molar-refractivity contribution >= 4 is 27.0 Å². The molecule has 1 aliphatic rings. The number of rotatable bonds is 5. The first-order valence-electron chi connectivity index (χ1n) is 8.52. The SMILES string of the molecule is O=C(O)N1CC(c2ccc3c(cnn3S(=O)(=O)c3cccc(OC(F)F)c3)c2)C1. The summed E-state index contributed by atoms with van der Waals surface area (Å²) < 4.78 is 55.8. The summed E-state index contributed by atoms with van der Waals surface area (Å²) in [5.74, 6) is -0.230. The van der Waals surface area contributed by atoms with Crippen molar-refractivity contribution in [2.75, 3.05) is 13.1 Å². The van der Waals surface area contributed by atoms with E-state index in [1.165, 1.54) is 29.3 Å². The van der Waals surface area contributed by atoms with Gasteiger partial charge in [0, 0.05) is 30.5 Å². The molecule has 0 unspecified atom stereocenters. The second-order valence-electron chi connectivity index (χ2n) is 6.55. The number of benzene rings is 2.